The van der Waals surface area contributed by atoms with Gasteiger partial charge in [0.2, 0.25) is 0 Å². The van der Waals surface area contributed by atoms with Crippen molar-refractivity contribution in [1.29, 1.82) is 0 Å². The lowest BCUT2D eigenvalue weighted by Crippen LogP contribution is -2.43. The molecule has 124 valence electrons. The van der Waals surface area contributed by atoms with Gasteiger partial charge in [-0.25, -0.2) is 4.98 Å². The van der Waals surface area contributed by atoms with Crippen molar-refractivity contribution in [2.75, 3.05) is 13.6 Å². The summed E-state index contributed by atoms with van der Waals surface area (Å²) >= 11 is 0. The Kier molecular flexibility index (Phi) is 5.80. The lowest BCUT2D eigenvalue weighted by Gasteiger charge is -2.31. The van der Waals surface area contributed by atoms with E-state index in [1.165, 1.54) is 32.1 Å². The highest BCUT2D eigenvalue weighted by Gasteiger charge is 2.34. The lowest BCUT2D eigenvalue weighted by atomic mass is 9.78. The van der Waals surface area contributed by atoms with Crippen LogP contribution in [0.4, 0.5) is 0 Å². The number of guanidine groups is 1. The zero-order valence-electron chi connectivity index (χ0n) is 14.4. The predicted octanol–water partition coefficient (Wildman–Crippen LogP) is 2.09. The van der Waals surface area contributed by atoms with Gasteiger partial charge in [-0.2, -0.15) is 5.10 Å². The highest BCUT2D eigenvalue weighted by atomic mass is 15.3. The first-order chi connectivity index (χ1) is 10.5. The monoisotopic (exact) mass is 306 g/mol. The molecule has 0 radical (unpaired) electrons. The number of hydrogen-bond donors (Lipinski definition) is 2. The molecule has 0 bridgehead atoms. The van der Waals surface area contributed by atoms with Gasteiger partial charge in [-0.05, 0) is 30.6 Å². The van der Waals surface area contributed by atoms with Gasteiger partial charge in [0, 0.05) is 20.6 Å². The number of aryl methyl sites for hydroxylation is 1. The zero-order valence-corrected chi connectivity index (χ0v) is 14.4. The highest BCUT2D eigenvalue weighted by molar-refractivity contribution is 5.79. The number of aromatic nitrogens is 3. The summed E-state index contributed by atoms with van der Waals surface area (Å²) in [5, 5.41) is 10.9. The summed E-state index contributed by atoms with van der Waals surface area (Å²) in [4.78, 5) is 8.54. The molecular weight excluding hydrogens is 276 g/mol. The topological polar surface area (TPSA) is 67.1 Å². The third-order valence-corrected chi connectivity index (χ3v) is 4.58. The van der Waals surface area contributed by atoms with Gasteiger partial charge in [-0.15, -0.1) is 0 Å². The van der Waals surface area contributed by atoms with Crippen molar-refractivity contribution < 1.29 is 0 Å². The molecule has 22 heavy (non-hydrogen) atoms. The largest absolute Gasteiger partial charge is 0.356 e. The summed E-state index contributed by atoms with van der Waals surface area (Å²) in [7, 11) is 3.71. The van der Waals surface area contributed by atoms with E-state index in [1.54, 1.807) is 11.0 Å². The second-order valence-electron chi connectivity index (χ2n) is 6.88. The molecule has 1 aliphatic rings. The van der Waals surface area contributed by atoms with Crippen LogP contribution in [0.2, 0.25) is 0 Å². The van der Waals surface area contributed by atoms with Crippen molar-refractivity contribution in [1.82, 2.24) is 25.4 Å². The minimum absolute atomic E-state index is 0.441. The number of nitrogens with one attached hydrogen (secondary N) is 2. The van der Waals surface area contributed by atoms with Crippen molar-refractivity contribution in [3.05, 3.63) is 12.2 Å². The van der Waals surface area contributed by atoms with Crippen molar-refractivity contribution in [3.63, 3.8) is 0 Å². The highest BCUT2D eigenvalue weighted by Crippen LogP contribution is 2.42. The minimum Gasteiger partial charge on any atom is -0.356 e. The summed E-state index contributed by atoms with van der Waals surface area (Å²) in [6.07, 6.45) is 8.25. The van der Waals surface area contributed by atoms with Gasteiger partial charge in [-0.1, -0.05) is 26.7 Å². The molecule has 0 amide bonds. The first kappa shape index (κ1) is 16.8. The summed E-state index contributed by atoms with van der Waals surface area (Å²) in [6.45, 7) is 6.28. The van der Waals surface area contributed by atoms with E-state index in [1.807, 2.05) is 14.1 Å². The van der Waals surface area contributed by atoms with Crippen LogP contribution >= 0.6 is 0 Å². The summed E-state index contributed by atoms with van der Waals surface area (Å²) in [5.41, 5.74) is 0.441. The molecule has 1 aliphatic carbocycles. The Labute approximate surface area is 133 Å². The molecule has 2 N–H and O–H groups in total. The van der Waals surface area contributed by atoms with Crippen LogP contribution in [-0.4, -0.2) is 34.3 Å². The van der Waals surface area contributed by atoms with E-state index in [9.17, 15) is 0 Å². The minimum atomic E-state index is 0.441. The SMILES string of the molecule is CN=C(NCc1ncnn1C)NCC1(CC(C)C)CCCC1. The van der Waals surface area contributed by atoms with E-state index in [2.05, 4.69) is 39.6 Å². The fourth-order valence-corrected chi connectivity index (χ4v) is 3.58. The Morgan fingerprint density at radius 1 is 1.36 bits per heavy atom. The van der Waals surface area contributed by atoms with Gasteiger partial charge < -0.3 is 10.6 Å². The first-order valence-electron chi connectivity index (χ1n) is 8.32. The molecule has 2 rings (SSSR count). The van der Waals surface area contributed by atoms with Crippen molar-refractivity contribution in [3.8, 4) is 0 Å². The Balaban J connectivity index is 1.86. The van der Waals surface area contributed by atoms with E-state index in [-0.39, 0.29) is 0 Å². The first-order valence-corrected chi connectivity index (χ1v) is 8.32. The Bertz CT molecular complexity index is 485. The van der Waals surface area contributed by atoms with E-state index in [0.717, 1.165) is 24.2 Å². The van der Waals surface area contributed by atoms with Crippen LogP contribution in [0.15, 0.2) is 11.3 Å². The van der Waals surface area contributed by atoms with E-state index >= 15 is 0 Å². The van der Waals surface area contributed by atoms with Gasteiger partial charge in [0.15, 0.2) is 5.96 Å². The third-order valence-electron chi connectivity index (χ3n) is 4.58. The van der Waals surface area contributed by atoms with Crippen molar-refractivity contribution >= 4 is 5.96 Å². The fourth-order valence-electron chi connectivity index (χ4n) is 3.58. The van der Waals surface area contributed by atoms with E-state index < -0.39 is 0 Å². The molecule has 1 heterocycles. The van der Waals surface area contributed by atoms with Gasteiger partial charge in [0.1, 0.15) is 12.2 Å². The molecule has 0 aromatic carbocycles. The normalized spacial score (nSPS) is 18.0. The second-order valence-corrected chi connectivity index (χ2v) is 6.88. The molecule has 0 aliphatic heterocycles. The van der Waals surface area contributed by atoms with Crippen LogP contribution < -0.4 is 10.6 Å². The van der Waals surface area contributed by atoms with Crippen LogP contribution in [0, 0.1) is 11.3 Å². The fraction of sp³-hybridized carbons (Fsp3) is 0.812. The quantitative estimate of drug-likeness (QED) is 0.624. The molecule has 0 spiro atoms. The van der Waals surface area contributed by atoms with Crippen LogP contribution in [0.25, 0.3) is 0 Å². The van der Waals surface area contributed by atoms with Crippen molar-refractivity contribution in [2.24, 2.45) is 23.4 Å². The number of aliphatic imine (C=N–C) groups is 1. The number of hydrogen-bond acceptors (Lipinski definition) is 3. The maximum absolute atomic E-state index is 4.33. The van der Waals surface area contributed by atoms with E-state index in [0.29, 0.717) is 12.0 Å². The molecule has 0 atom stereocenters. The third kappa shape index (κ3) is 4.45. The molecule has 0 saturated heterocycles. The molecule has 6 heteroatoms. The zero-order chi connectivity index (χ0) is 16.0. The van der Waals surface area contributed by atoms with E-state index in [4.69, 9.17) is 0 Å². The van der Waals surface area contributed by atoms with Crippen LogP contribution in [0.3, 0.4) is 0 Å². The lowest BCUT2D eigenvalue weighted by molar-refractivity contribution is 0.234. The summed E-state index contributed by atoms with van der Waals surface area (Å²) < 4.78 is 1.78. The second kappa shape index (κ2) is 7.61. The molecular formula is C16H30N6. The van der Waals surface area contributed by atoms with Crippen LogP contribution in [0.5, 0.6) is 0 Å². The Hall–Kier alpha value is -1.59. The van der Waals surface area contributed by atoms with Gasteiger partial charge in [-0.3, -0.25) is 9.67 Å². The number of nitrogens with zero attached hydrogens (tertiary/aromatic N) is 4. The Morgan fingerprint density at radius 2 is 2.09 bits per heavy atom. The van der Waals surface area contributed by atoms with Gasteiger partial charge >= 0.3 is 0 Å². The number of rotatable bonds is 6. The average molecular weight is 306 g/mol. The standard InChI is InChI=1S/C16H30N6/c1-13(2)9-16(7-5-6-8-16)11-19-15(17-3)18-10-14-20-12-21-22(14)4/h12-13H,5-11H2,1-4H3,(H2,17,18,19). The smallest absolute Gasteiger partial charge is 0.191 e. The molecule has 6 nitrogen and oxygen atoms in total. The average Bonchev–Trinajstić information content (AvgIpc) is 3.08. The molecule has 1 aromatic rings. The van der Waals surface area contributed by atoms with Crippen molar-refractivity contribution in [2.45, 2.75) is 52.5 Å². The molecule has 1 saturated carbocycles. The van der Waals surface area contributed by atoms with Gasteiger partial charge in [0.05, 0.1) is 6.54 Å². The maximum atomic E-state index is 4.33. The van der Waals surface area contributed by atoms with Crippen LogP contribution in [0.1, 0.15) is 51.8 Å². The molecule has 0 unspecified atom stereocenters. The summed E-state index contributed by atoms with van der Waals surface area (Å²) in [5.74, 6) is 2.49. The van der Waals surface area contributed by atoms with Gasteiger partial charge in [0.25, 0.3) is 0 Å². The van der Waals surface area contributed by atoms with Crippen LogP contribution in [-0.2, 0) is 13.6 Å². The maximum Gasteiger partial charge on any atom is 0.191 e. The predicted molar refractivity (Wildman–Crippen MR) is 89.6 cm³/mol. The Morgan fingerprint density at radius 3 is 2.64 bits per heavy atom. The molecule has 1 fully saturated rings. The molecule has 1 aromatic heterocycles. The summed E-state index contributed by atoms with van der Waals surface area (Å²) in [6, 6.07) is 0.